The van der Waals surface area contributed by atoms with Gasteiger partial charge in [-0.3, -0.25) is 0 Å². The van der Waals surface area contributed by atoms with Crippen LogP contribution < -0.4 is 11.5 Å². The lowest BCUT2D eigenvalue weighted by molar-refractivity contribution is 1.02. The van der Waals surface area contributed by atoms with Gasteiger partial charge in [-0.25, -0.2) is 4.98 Å². The van der Waals surface area contributed by atoms with Crippen molar-refractivity contribution in [2.45, 2.75) is 13.5 Å². The topological polar surface area (TPSA) is 80.7 Å². The Morgan fingerprint density at radius 3 is 2.92 bits per heavy atom. The summed E-state index contributed by atoms with van der Waals surface area (Å²) in [5.41, 5.74) is 14.7. The second kappa shape index (κ2) is 2.74. The third kappa shape index (κ3) is 1.15. The molecule has 2 aromatic rings. The third-order valence-electron chi connectivity index (χ3n) is 2.12. The molecule has 4 nitrogen and oxygen atoms in total. The van der Waals surface area contributed by atoms with Crippen LogP contribution >= 0.6 is 0 Å². The summed E-state index contributed by atoms with van der Waals surface area (Å²) >= 11 is 0. The molecular formula is C9H12N4. The standard InChI is InChI=1S/C9H12N4/c1-5-2-3-6-8(11)7(4-10)13-9(6)12-5/h2-3H,4,10-11H2,1H3,(H,12,13). The minimum atomic E-state index is 0.418. The smallest absolute Gasteiger partial charge is 0.139 e. The van der Waals surface area contributed by atoms with Crippen molar-refractivity contribution in [2.24, 2.45) is 5.73 Å². The summed E-state index contributed by atoms with van der Waals surface area (Å²) in [6.07, 6.45) is 0. The second-order valence-corrected chi connectivity index (χ2v) is 3.07. The molecular weight excluding hydrogens is 164 g/mol. The highest BCUT2D eigenvalue weighted by molar-refractivity contribution is 5.90. The molecule has 0 aliphatic rings. The summed E-state index contributed by atoms with van der Waals surface area (Å²) in [6.45, 7) is 2.36. The molecule has 0 spiro atoms. The van der Waals surface area contributed by atoms with Crippen molar-refractivity contribution in [1.82, 2.24) is 9.97 Å². The Hall–Kier alpha value is -1.55. The van der Waals surface area contributed by atoms with E-state index in [4.69, 9.17) is 11.5 Å². The van der Waals surface area contributed by atoms with Gasteiger partial charge in [-0.1, -0.05) is 0 Å². The van der Waals surface area contributed by atoms with Crippen LogP contribution in [-0.2, 0) is 6.54 Å². The van der Waals surface area contributed by atoms with Crippen molar-refractivity contribution in [3.8, 4) is 0 Å². The maximum Gasteiger partial charge on any atom is 0.139 e. The predicted molar refractivity (Wildman–Crippen MR) is 53.1 cm³/mol. The van der Waals surface area contributed by atoms with Gasteiger partial charge >= 0.3 is 0 Å². The average Bonchev–Trinajstić information content (AvgIpc) is 2.42. The first-order valence-electron chi connectivity index (χ1n) is 4.16. The Morgan fingerprint density at radius 2 is 2.23 bits per heavy atom. The van der Waals surface area contributed by atoms with E-state index in [1.165, 1.54) is 0 Å². The van der Waals surface area contributed by atoms with Crippen LogP contribution in [0, 0.1) is 6.92 Å². The minimum absolute atomic E-state index is 0.418. The highest BCUT2D eigenvalue weighted by Gasteiger charge is 2.07. The van der Waals surface area contributed by atoms with Gasteiger partial charge in [-0.2, -0.15) is 0 Å². The average molecular weight is 176 g/mol. The summed E-state index contributed by atoms with van der Waals surface area (Å²) in [7, 11) is 0. The SMILES string of the molecule is Cc1ccc2c(N)c(CN)[nH]c2n1. The lowest BCUT2D eigenvalue weighted by Gasteiger charge is -1.92. The molecule has 0 fully saturated rings. The molecule has 2 aromatic heterocycles. The fourth-order valence-electron chi connectivity index (χ4n) is 1.40. The van der Waals surface area contributed by atoms with E-state index < -0.39 is 0 Å². The van der Waals surface area contributed by atoms with Gasteiger partial charge in [-0.15, -0.1) is 0 Å². The molecule has 0 bridgehead atoms. The number of aromatic nitrogens is 2. The number of nitrogens with one attached hydrogen (secondary N) is 1. The molecule has 5 N–H and O–H groups in total. The van der Waals surface area contributed by atoms with Crippen molar-refractivity contribution in [2.75, 3.05) is 5.73 Å². The molecule has 0 radical (unpaired) electrons. The first-order valence-corrected chi connectivity index (χ1v) is 4.16. The number of nitrogens with two attached hydrogens (primary N) is 2. The van der Waals surface area contributed by atoms with Crippen molar-refractivity contribution in [3.63, 3.8) is 0 Å². The summed E-state index contributed by atoms with van der Waals surface area (Å²) in [5, 5.41) is 0.950. The summed E-state index contributed by atoms with van der Waals surface area (Å²) in [4.78, 5) is 7.41. The maximum atomic E-state index is 5.85. The largest absolute Gasteiger partial charge is 0.397 e. The molecule has 0 atom stereocenters. The van der Waals surface area contributed by atoms with E-state index in [-0.39, 0.29) is 0 Å². The second-order valence-electron chi connectivity index (χ2n) is 3.07. The van der Waals surface area contributed by atoms with E-state index in [9.17, 15) is 0 Å². The number of hydrogen-bond acceptors (Lipinski definition) is 3. The molecule has 2 rings (SSSR count). The fourth-order valence-corrected chi connectivity index (χ4v) is 1.40. The number of anilines is 1. The Kier molecular flexibility index (Phi) is 1.70. The van der Waals surface area contributed by atoms with Crippen LogP contribution in [0.3, 0.4) is 0 Å². The van der Waals surface area contributed by atoms with Crippen molar-refractivity contribution >= 4 is 16.7 Å². The molecule has 4 heteroatoms. The molecule has 0 aliphatic heterocycles. The number of pyridine rings is 1. The normalized spacial score (nSPS) is 10.9. The van der Waals surface area contributed by atoms with E-state index in [2.05, 4.69) is 9.97 Å². The van der Waals surface area contributed by atoms with E-state index in [1.54, 1.807) is 0 Å². The number of aromatic amines is 1. The molecule has 0 unspecified atom stereocenters. The van der Waals surface area contributed by atoms with E-state index in [1.807, 2.05) is 19.1 Å². The van der Waals surface area contributed by atoms with Crippen LogP contribution in [0.2, 0.25) is 0 Å². The summed E-state index contributed by atoms with van der Waals surface area (Å²) in [6, 6.07) is 3.90. The number of aryl methyl sites for hydroxylation is 1. The molecule has 0 saturated heterocycles. The van der Waals surface area contributed by atoms with Gasteiger partial charge < -0.3 is 16.5 Å². The number of hydrogen-bond donors (Lipinski definition) is 3. The molecule has 0 saturated carbocycles. The molecule has 2 heterocycles. The van der Waals surface area contributed by atoms with Gasteiger partial charge in [0.1, 0.15) is 5.65 Å². The van der Waals surface area contributed by atoms with Crippen LogP contribution in [0.4, 0.5) is 5.69 Å². The van der Waals surface area contributed by atoms with Gasteiger partial charge in [0.2, 0.25) is 0 Å². The zero-order valence-corrected chi connectivity index (χ0v) is 7.46. The molecule has 0 aromatic carbocycles. The van der Waals surface area contributed by atoms with Gasteiger partial charge in [0, 0.05) is 17.6 Å². The number of nitrogens with zero attached hydrogens (tertiary/aromatic N) is 1. The van der Waals surface area contributed by atoms with Crippen LogP contribution in [0.5, 0.6) is 0 Å². The van der Waals surface area contributed by atoms with E-state index in [0.717, 1.165) is 22.4 Å². The molecule has 13 heavy (non-hydrogen) atoms. The monoisotopic (exact) mass is 176 g/mol. The lowest BCUT2D eigenvalue weighted by Crippen LogP contribution is -1.99. The first kappa shape index (κ1) is 8.07. The van der Waals surface area contributed by atoms with Crippen molar-refractivity contribution < 1.29 is 0 Å². The summed E-state index contributed by atoms with van der Waals surface area (Å²) in [5.74, 6) is 0. The molecule has 68 valence electrons. The Morgan fingerprint density at radius 1 is 1.46 bits per heavy atom. The number of nitrogen functional groups attached to an aromatic ring is 1. The minimum Gasteiger partial charge on any atom is -0.397 e. The van der Waals surface area contributed by atoms with Gasteiger partial charge in [-0.05, 0) is 19.1 Å². The van der Waals surface area contributed by atoms with Crippen LogP contribution in [0.25, 0.3) is 11.0 Å². The Labute approximate surface area is 76.0 Å². The predicted octanol–water partition coefficient (Wildman–Crippen LogP) is 0.912. The van der Waals surface area contributed by atoms with E-state index in [0.29, 0.717) is 12.2 Å². The lowest BCUT2D eigenvalue weighted by atomic mass is 10.2. The van der Waals surface area contributed by atoms with Crippen LogP contribution in [-0.4, -0.2) is 9.97 Å². The number of rotatable bonds is 1. The first-order chi connectivity index (χ1) is 6.22. The summed E-state index contributed by atoms with van der Waals surface area (Å²) < 4.78 is 0. The van der Waals surface area contributed by atoms with E-state index >= 15 is 0 Å². The quantitative estimate of drug-likeness (QED) is 0.604. The van der Waals surface area contributed by atoms with Crippen molar-refractivity contribution in [3.05, 3.63) is 23.5 Å². The zero-order valence-electron chi connectivity index (χ0n) is 7.46. The van der Waals surface area contributed by atoms with Crippen LogP contribution in [0.15, 0.2) is 12.1 Å². The number of H-pyrrole nitrogens is 1. The van der Waals surface area contributed by atoms with Gasteiger partial charge in [0.15, 0.2) is 0 Å². The van der Waals surface area contributed by atoms with Crippen molar-refractivity contribution in [1.29, 1.82) is 0 Å². The zero-order chi connectivity index (χ0) is 9.42. The highest BCUT2D eigenvalue weighted by Crippen LogP contribution is 2.22. The van der Waals surface area contributed by atoms with Gasteiger partial charge in [0.25, 0.3) is 0 Å². The highest BCUT2D eigenvalue weighted by atomic mass is 14.9. The third-order valence-corrected chi connectivity index (χ3v) is 2.12. The Bertz CT molecular complexity index is 444. The number of fused-ring (bicyclic) bond motifs is 1. The maximum absolute atomic E-state index is 5.85. The molecule has 0 amide bonds. The van der Waals surface area contributed by atoms with Crippen LogP contribution in [0.1, 0.15) is 11.4 Å². The fraction of sp³-hybridized carbons (Fsp3) is 0.222. The van der Waals surface area contributed by atoms with Gasteiger partial charge in [0.05, 0.1) is 11.4 Å². The molecule has 0 aliphatic carbocycles. The Balaban J connectivity index is 2.76.